The Morgan fingerprint density at radius 2 is 1.51 bits per heavy atom. The highest BCUT2D eigenvalue weighted by Crippen LogP contribution is 2.48. The highest BCUT2D eigenvalue weighted by atomic mass is 35.5. The van der Waals surface area contributed by atoms with Crippen molar-refractivity contribution in [2.75, 3.05) is 35.6 Å². The SMILES string of the molecule is CC(C)(CNC(=O)C(=O)Nc1ccc(F)cc1F)CNC(=O)c1ccc(Nc2nc(NC3(c4ccc(Cl)cc4)CC3)nc(OCC(F)(F)F)n2)cc1F. The van der Waals surface area contributed by atoms with Crippen LogP contribution in [0.5, 0.6) is 6.01 Å². The van der Waals surface area contributed by atoms with Crippen molar-refractivity contribution >= 4 is 52.6 Å². The Morgan fingerprint density at radius 3 is 2.15 bits per heavy atom. The van der Waals surface area contributed by atoms with E-state index in [1.165, 1.54) is 6.07 Å². The first-order valence-electron chi connectivity index (χ1n) is 15.8. The zero-order valence-corrected chi connectivity index (χ0v) is 28.7. The monoisotopic (exact) mass is 764 g/mol. The van der Waals surface area contributed by atoms with Gasteiger partial charge in [-0.05, 0) is 66.3 Å². The van der Waals surface area contributed by atoms with E-state index < -0.39 is 70.6 Å². The fraction of sp³-hybridized carbons (Fsp3) is 0.294. The summed E-state index contributed by atoms with van der Waals surface area (Å²) in [5, 5.41) is 13.3. The molecular formula is C34H31ClF6N8O4. The fourth-order valence-electron chi connectivity index (χ4n) is 4.83. The number of alkyl halides is 3. The molecule has 12 nitrogen and oxygen atoms in total. The third-order valence-electron chi connectivity index (χ3n) is 7.79. The van der Waals surface area contributed by atoms with E-state index in [0.29, 0.717) is 23.9 Å². The van der Waals surface area contributed by atoms with Crippen LogP contribution in [0.1, 0.15) is 42.6 Å². The molecule has 1 aliphatic carbocycles. The predicted molar refractivity (Wildman–Crippen MR) is 181 cm³/mol. The van der Waals surface area contributed by atoms with Crippen LogP contribution in [-0.2, 0) is 15.1 Å². The quantitative estimate of drug-likeness (QED) is 0.0785. The van der Waals surface area contributed by atoms with Crippen molar-refractivity contribution in [3.63, 3.8) is 0 Å². The lowest BCUT2D eigenvalue weighted by atomic mass is 9.93. The minimum atomic E-state index is -4.68. The summed E-state index contributed by atoms with van der Waals surface area (Å²) >= 11 is 6.00. The van der Waals surface area contributed by atoms with Gasteiger partial charge in [0.05, 0.1) is 16.8 Å². The molecule has 53 heavy (non-hydrogen) atoms. The van der Waals surface area contributed by atoms with Gasteiger partial charge < -0.3 is 31.3 Å². The number of nitrogens with one attached hydrogen (secondary N) is 5. The van der Waals surface area contributed by atoms with Crippen molar-refractivity contribution in [2.45, 2.75) is 38.4 Å². The van der Waals surface area contributed by atoms with Gasteiger partial charge in [-0.1, -0.05) is 37.6 Å². The maximum absolute atomic E-state index is 15.2. The number of nitrogens with zero attached hydrogens (tertiary/aromatic N) is 3. The Balaban J connectivity index is 1.20. The first-order valence-corrected chi connectivity index (χ1v) is 16.2. The van der Waals surface area contributed by atoms with Gasteiger partial charge in [0.25, 0.3) is 5.91 Å². The van der Waals surface area contributed by atoms with Crippen molar-refractivity contribution in [1.29, 1.82) is 0 Å². The minimum absolute atomic E-state index is 0.0404. The van der Waals surface area contributed by atoms with Crippen LogP contribution in [0.2, 0.25) is 5.02 Å². The van der Waals surface area contributed by atoms with E-state index in [-0.39, 0.29) is 36.2 Å². The van der Waals surface area contributed by atoms with Gasteiger partial charge in [0.1, 0.15) is 17.5 Å². The summed E-state index contributed by atoms with van der Waals surface area (Å²) in [6.07, 6.45) is -3.34. The topological polar surface area (TPSA) is 159 Å². The lowest BCUT2D eigenvalue weighted by Gasteiger charge is -2.25. The number of hydrogen-bond acceptors (Lipinski definition) is 9. The van der Waals surface area contributed by atoms with Crippen LogP contribution >= 0.6 is 11.6 Å². The average Bonchev–Trinajstić information content (AvgIpc) is 3.86. The van der Waals surface area contributed by atoms with Gasteiger partial charge in [0.2, 0.25) is 11.9 Å². The molecule has 1 fully saturated rings. The molecule has 0 radical (unpaired) electrons. The summed E-state index contributed by atoms with van der Waals surface area (Å²) in [6, 6.07) is 12.2. The van der Waals surface area contributed by atoms with Gasteiger partial charge in [-0.25, -0.2) is 13.2 Å². The third kappa shape index (κ3) is 10.7. The van der Waals surface area contributed by atoms with Gasteiger partial charge in [0, 0.05) is 29.9 Å². The molecule has 5 rings (SSSR count). The lowest BCUT2D eigenvalue weighted by molar-refractivity contribution is -0.154. The molecule has 1 aliphatic rings. The molecular weight excluding hydrogens is 734 g/mol. The maximum Gasteiger partial charge on any atom is 0.422 e. The van der Waals surface area contributed by atoms with Gasteiger partial charge in [-0.2, -0.15) is 28.1 Å². The smallest absolute Gasteiger partial charge is 0.422 e. The molecule has 0 bridgehead atoms. The summed E-state index contributed by atoms with van der Waals surface area (Å²) in [5.74, 6) is -6.42. The molecule has 280 valence electrons. The van der Waals surface area contributed by atoms with Crippen LogP contribution in [0.4, 0.5) is 49.6 Å². The van der Waals surface area contributed by atoms with E-state index in [1.54, 1.807) is 38.1 Å². The molecule has 3 aromatic carbocycles. The zero-order valence-electron chi connectivity index (χ0n) is 27.9. The second kappa shape index (κ2) is 15.5. The van der Waals surface area contributed by atoms with Gasteiger partial charge in [-0.3, -0.25) is 14.4 Å². The van der Waals surface area contributed by atoms with E-state index in [1.807, 2.05) is 5.32 Å². The highest BCUT2D eigenvalue weighted by molar-refractivity contribution is 6.39. The van der Waals surface area contributed by atoms with Gasteiger partial charge in [-0.15, -0.1) is 0 Å². The van der Waals surface area contributed by atoms with E-state index in [9.17, 15) is 36.3 Å². The molecule has 0 unspecified atom stereocenters. The van der Waals surface area contributed by atoms with Crippen LogP contribution < -0.4 is 31.3 Å². The number of carbonyl (C=O) groups excluding carboxylic acids is 3. The summed E-state index contributed by atoms with van der Waals surface area (Å²) < 4.78 is 85.6. The average molecular weight is 765 g/mol. The molecule has 0 aliphatic heterocycles. The third-order valence-corrected chi connectivity index (χ3v) is 8.04. The number of halogens is 7. The molecule has 1 heterocycles. The molecule has 1 saturated carbocycles. The van der Waals surface area contributed by atoms with Crippen LogP contribution in [0.25, 0.3) is 0 Å². The molecule has 3 amide bonds. The van der Waals surface area contributed by atoms with Crippen LogP contribution in [0.15, 0.2) is 60.7 Å². The van der Waals surface area contributed by atoms with E-state index >= 15 is 4.39 Å². The molecule has 1 aromatic heterocycles. The predicted octanol–water partition coefficient (Wildman–Crippen LogP) is 6.24. The molecule has 0 saturated heterocycles. The van der Waals surface area contributed by atoms with Crippen LogP contribution in [0.3, 0.4) is 0 Å². The Kier molecular flexibility index (Phi) is 11.3. The van der Waals surface area contributed by atoms with E-state index in [0.717, 1.165) is 29.8 Å². The standard InChI is InChI=1S/C34H31ClF6N8O4/c1-32(2,16-43-27(51)28(52)45-25-10-7-20(36)13-24(25)38)15-42-26(50)22-9-8-21(14-23(22)37)44-29-46-30(48-31(47-29)53-17-34(39,40)41)49-33(11-12-33)18-3-5-19(35)6-4-18/h3-10,13-14H,11-12,15-17H2,1-2H3,(H,42,50)(H,43,51)(H,45,52)(H2,44,46,47,48,49). The molecule has 19 heteroatoms. The Bertz CT molecular complexity index is 2010. The van der Waals surface area contributed by atoms with Gasteiger partial charge in [0.15, 0.2) is 6.61 Å². The maximum atomic E-state index is 15.2. The van der Waals surface area contributed by atoms with Crippen LogP contribution in [0, 0.1) is 22.9 Å². The van der Waals surface area contributed by atoms with Crippen molar-refractivity contribution < 1.29 is 45.5 Å². The van der Waals surface area contributed by atoms with E-state index in [2.05, 4.69) is 36.2 Å². The van der Waals surface area contributed by atoms with Crippen molar-refractivity contribution in [1.82, 2.24) is 25.6 Å². The normalized spacial score (nSPS) is 13.5. The molecule has 4 aromatic rings. The summed E-state index contributed by atoms with van der Waals surface area (Å²) in [4.78, 5) is 49.4. The largest absolute Gasteiger partial charge is 0.454 e. The molecule has 0 spiro atoms. The minimum Gasteiger partial charge on any atom is -0.454 e. The number of rotatable bonds is 13. The second-order valence-corrected chi connectivity index (χ2v) is 13.2. The summed E-state index contributed by atoms with van der Waals surface area (Å²) in [7, 11) is 0. The van der Waals surface area contributed by atoms with Crippen molar-refractivity contribution in [3.05, 3.63) is 94.3 Å². The van der Waals surface area contributed by atoms with Crippen molar-refractivity contribution in [3.8, 4) is 6.01 Å². The highest BCUT2D eigenvalue weighted by Gasteiger charge is 2.45. The molecule has 5 N–H and O–H groups in total. The first kappa shape index (κ1) is 38.6. The number of hydrogen-bond donors (Lipinski definition) is 5. The summed E-state index contributed by atoms with van der Waals surface area (Å²) in [5.41, 5.74) is -1.32. The second-order valence-electron chi connectivity index (χ2n) is 12.8. The Morgan fingerprint density at radius 1 is 0.830 bits per heavy atom. The Hall–Kier alpha value is -5.65. The number of aromatic nitrogens is 3. The summed E-state index contributed by atoms with van der Waals surface area (Å²) in [6.45, 7) is 1.39. The Labute approximate surface area is 303 Å². The van der Waals surface area contributed by atoms with Crippen molar-refractivity contribution in [2.24, 2.45) is 5.41 Å². The van der Waals surface area contributed by atoms with Gasteiger partial charge >= 0.3 is 24.0 Å². The fourth-order valence-corrected chi connectivity index (χ4v) is 4.95. The zero-order chi connectivity index (χ0) is 38.6. The molecule has 0 atom stereocenters. The first-order chi connectivity index (χ1) is 24.9. The lowest BCUT2D eigenvalue weighted by Crippen LogP contribution is -2.45. The van der Waals surface area contributed by atoms with Crippen LogP contribution in [-0.4, -0.2) is 58.5 Å². The number of ether oxygens (including phenoxy) is 1. The number of benzene rings is 3. The number of anilines is 4. The number of amides is 3. The van der Waals surface area contributed by atoms with E-state index in [4.69, 9.17) is 16.3 Å². The number of carbonyl (C=O) groups is 3.